The predicted molar refractivity (Wildman–Crippen MR) is 67.0 cm³/mol. The molecule has 0 aliphatic heterocycles. The number of benzene rings is 1. The number of nitrogens with zero attached hydrogens (tertiary/aromatic N) is 2. The zero-order chi connectivity index (χ0) is 13.0. The van der Waals surface area contributed by atoms with E-state index in [1.54, 1.807) is 44.6 Å². The Kier molecular flexibility index (Phi) is 3.72. The van der Waals surface area contributed by atoms with Crippen molar-refractivity contribution < 1.29 is 9.13 Å². The van der Waals surface area contributed by atoms with Gasteiger partial charge < -0.3 is 10.1 Å². The van der Waals surface area contributed by atoms with Gasteiger partial charge in [-0.1, -0.05) is 12.1 Å². The Morgan fingerprint density at radius 2 is 2.11 bits per heavy atom. The zero-order valence-electron chi connectivity index (χ0n) is 10.3. The average Bonchev–Trinajstić information content (AvgIpc) is 2.41. The van der Waals surface area contributed by atoms with Crippen LogP contribution in [0.15, 0.2) is 30.6 Å². The molecule has 0 atom stereocenters. The monoisotopic (exact) mass is 247 g/mol. The third-order valence-corrected chi connectivity index (χ3v) is 2.49. The molecule has 1 N–H and O–H groups in total. The van der Waals surface area contributed by atoms with Gasteiger partial charge in [-0.2, -0.15) is 0 Å². The van der Waals surface area contributed by atoms with E-state index in [1.165, 1.54) is 0 Å². The molecule has 94 valence electrons. The largest absolute Gasteiger partial charge is 0.484 e. The molecular weight excluding hydrogens is 233 g/mol. The molecule has 18 heavy (non-hydrogen) atoms. The molecule has 2 aromatic rings. The molecule has 1 heterocycles. The van der Waals surface area contributed by atoms with Gasteiger partial charge in [0.1, 0.15) is 12.4 Å². The van der Waals surface area contributed by atoms with E-state index in [0.29, 0.717) is 17.1 Å². The normalized spacial score (nSPS) is 10.2. The first-order chi connectivity index (χ1) is 8.70. The minimum absolute atomic E-state index is 0.192. The van der Waals surface area contributed by atoms with Crippen LogP contribution in [0.4, 0.5) is 10.2 Å². The molecule has 4 nitrogen and oxygen atoms in total. The Balaban J connectivity index is 2.04. The number of nitrogens with one attached hydrogen (secondary N) is 1. The number of anilines is 1. The van der Waals surface area contributed by atoms with Crippen LogP contribution in [-0.2, 0) is 6.61 Å². The fourth-order valence-corrected chi connectivity index (χ4v) is 1.44. The van der Waals surface area contributed by atoms with Crippen LogP contribution in [0.5, 0.6) is 5.75 Å². The van der Waals surface area contributed by atoms with Crippen LogP contribution < -0.4 is 10.1 Å². The van der Waals surface area contributed by atoms with Gasteiger partial charge in [-0.15, -0.1) is 0 Å². The fourth-order valence-electron chi connectivity index (χ4n) is 1.44. The Morgan fingerprint density at radius 3 is 2.78 bits per heavy atom. The van der Waals surface area contributed by atoms with Crippen LogP contribution >= 0.6 is 0 Å². The van der Waals surface area contributed by atoms with Gasteiger partial charge in [0, 0.05) is 7.05 Å². The number of hydrogen-bond acceptors (Lipinski definition) is 4. The second kappa shape index (κ2) is 5.44. The molecule has 1 aromatic carbocycles. The van der Waals surface area contributed by atoms with Gasteiger partial charge in [0.25, 0.3) is 0 Å². The van der Waals surface area contributed by atoms with Crippen molar-refractivity contribution in [2.24, 2.45) is 0 Å². The summed E-state index contributed by atoms with van der Waals surface area (Å²) in [6.45, 7) is 1.89. The van der Waals surface area contributed by atoms with Crippen LogP contribution in [0.2, 0.25) is 0 Å². The summed E-state index contributed by atoms with van der Waals surface area (Å²) in [4.78, 5) is 8.25. The summed E-state index contributed by atoms with van der Waals surface area (Å²) in [5.74, 6) is 0.576. The first-order valence-electron chi connectivity index (χ1n) is 5.57. The molecule has 0 amide bonds. The Hall–Kier alpha value is -2.17. The number of aromatic nitrogens is 2. The maximum Gasteiger partial charge on any atom is 0.167 e. The van der Waals surface area contributed by atoms with Gasteiger partial charge in [-0.3, -0.25) is 4.98 Å². The average molecular weight is 247 g/mol. The molecule has 5 heteroatoms. The molecule has 0 aliphatic carbocycles. The first kappa shape index (κ1) is 12.3. The molecular formula is C13H14FN3O. The third-order valence-electron chi connectivity index (χ3n) is 2.49. The summed E-state index contributed by atoms with van der Waals surface area (Å²) < 4.78 is 19.0. The summed E-state index contributed by atoms with van der Waals surface area (Å²) >= 11 is 0. The molecule has 0 radical (unpaired) electrons. The van der Waals surface area contributed by atoms with Crippen molar-refractivity contribution in [2.45, 2.75) is 13.5 Å². The van der Waals surface area contributed by atoms with Gasteiger partial charge in [0.2, 0.25) is 0 Å². The van der Waals surface area contributed by atoms with Crippen molar-refractivity contribution in [3.05, 3.63) is 47.7 Å². The van der Waals surface area contributed by atoms with Gasteiger partial charge in [0.15, 0.2) is 11.6 Å². The van der Waals surface area contributed by atoms with Crippen molar-refractivity contribution in [1.82, 2.24) is 9.97 Å². The Bertz CT molecular complexity index is 528. The Morgan fingerprint density at radius 1 is 1.28 bits per heavy atom. The summed E-state index contributed by atoms with van der Waals surface area (Å²) in [5, 5.41) is 2.87. The van der Waals surface area contributed by atoms with Gasteiger partial charge in [-0.05, 0) is 18.6 Å². The Labute approximate surface area is 105 Å². The standard InChI is InChI=1S/C13H14FN3O/c1-9-4-3-5-11(13(9)14)18-8-10-6-17-12(15-2)7-16-10/h3-7H,8H2,1-2H3,(H,15,17). The minimum Gasteiger partial charge on any atom is -0.484 e. The van der Waals surface area contributed by atoms with Crippen LogP contribution in [0, 0.1) is 12.7 Å². The SMILES string of the molecule is CNc1cnc(COc2cccc(C)c2F)cn1. The highest BCUT2D eigenvalue weighted by Crippen LogP contribution is 2.20. The molecule has 0 spiro atoms. The van der Waals surface area contributed by atoms with Crippen molar-refractivity contribution >= 4 is 5.82 Å². The lowest BCUT2D eigenvalue weighted by molar-refractivity contribution is 0.285. The molecule has 1 aromatic heterocycles. The number of rotatable bonds is 4. The molecule has 0 saturated carbocycles. The van der Waals surface area contributed by atoms with E-state index in [1.807, 2.05) is 0 Å². The van der Waals surface area contributed by atoms with Crippen molar-refractivity contribution in [3.63, 3.8) is 0 Å². The smallest absolute Gasteiger partial charge is 0.167 e. The number of ether oxygens (including phenoxy) is 1. The lowest BCUT2D eigenvalue weighted by Gasteiger charge is -2.08. The van der Waals surface area contributed by atoms with E-state index in [4.69, 9.17) is 4.74 Å². The van der Waals surface area contributed by atoms with E-state index >= 15 is 0 Å². The van der Waals surface area contributed by atoms with Gasteiger partial charge >= 0.3 is 0 Å². The lowest BCUT2D eigenvalue weighted by Crippen LogP contribution is -2.02. The molecule has 0 bridgehead atoms. The molecule has 2 rings (SSSR count). The van der Waals surface area contributed by atoms with E-state index in [9.17, 15) is 4.39 Å². The predicted octanol–water partition coefficient (Wildman–Crippen LogP) is 2.54. The molecule has 0 saturated heterocycles. The number of aryl methyl sites for hydroxylation is 1. The molecule has 0 aliphatic rings. The third kappa shape index (κ3) is 2.74. The fraction of sp³-hybridized carbons (Fsp3) is 0.231. The maximum atomic E-state index is 13.7. The van der Waals surface area contributed by atoms with Crippen LogP contribution in [0.3, 0.4) is 0 Å². The highest BCUT2D eigenvalue weighted by Gasteiger charge is 2.06. The van der Waals surface area contributed by atoms with Crippen molar-refractivity contribution in [1.29, 1.82) is 0 Å². The second-order valence-corrected chi connectivity index (χ2v) is 3.82. The highest BCUT2D eigenvalue weighted by atomic mass is 19.1. The summed E-state index contributed by atoms with van der Waals surface area (Å²) in [6.07, 6.45) is 3.20. The number of halogens is 1. The zero-order valence-corrected chi connectivity index (χ0v) is 10.3. The van der Waals surface area contributed by atoms with E-state index in [2.05, 4.69) is 15.3 Å². The van der Waals surface area contributed by atoms with E-state index in [0.717, 1.165) is 0 Å². The lowest BCUT2D eigenvalue weighted by atomic mass is 10.2. The van der Waals surface area contributed by atoms with Crippen molar-refractivity contribution in [3.8, 4) is 5.75 Å². The van der Waals surface area contributed by atoms with Crippen LogP contribution in [0.1, 0.15) is 11.3 Å². The van der Waals surface area contributed by atoms with E-state index in [-0.39, 0.29) is 18.2 Å². The first-order valence-corrected chi connectivity index (χ1v) is 5.57. The molecule has 0 unspecified atom stereocenters. The van der Waals surface area contributed by atoms with E-state index < -0.39 is 0 Å². The van der Waals surface area contributed by atoms with Gasteiger partial charge in [0.05, 0.1) is 18.1 Å². The summed E-state index contributed by atoms with van der Waals surface area (Å²) in [5.41, 5.74) is 1.21. The maximum absolute atomic E-state index is 13.7. The molecule has 0 fully saturated rings. The van der Waals surface area contributed by atoms with Gasteiger partial charge in [-0.25, -0.2) is 9.37 Å². The minimum atomic E-state index is -0.336. The number of hydrogen-bond donors (Lipinski definition) is 1. The highest BCUT2D eigenvalue weighted by molar-refractivity contribution is 5.31. The van der Waals surface area contributed by atoms with Crippen LogP contribution in [-0.4, -0.2) is 17.0 Å². The summed E-state index contributed by atoms with van der Waals surface area (Å²) in [7, 11) is 1.77. The second-order valence-electron chi connectivity index (χ2n) is 3.82. The van der Waals surface area contributed by atoms with Crippen LogP contribution in [0.25, 0.3) is 0 Å². The van der Waals surface area contributed by atoms with Crippen molar-refractivity contribution in [2.75, 3.05) is 12.4 Å². The topological polar surface area (TPSA) is 47.0 Å². The summed E-state index contributed by atoms with van der Waals surface area (Å²) in [6, 6.07) is 5.05. The quantitative estimate of drug-likeness (QED) is 0.902.